The molecule has 108 valence electrons. The molecule has 0 bridgehead atoms. The molecule has 21 heavy (non-hydrogen) atoms. The average Bonchev–Trinajstić information content (AvgIpc) is 2.53. The molecule has 0 radical (unpaired) electrons. The third-order valence-electron chi connectivity index (χ3n) is 2.61. The SMILES string of the molecule is Cc1ccc(OCC(=O)ON=C(N)c2cccc[nH+]2)cc1. The van der Waals surface area contributed by atoms with Gasteiger partial charge in [-0.25, -0.2) is 9.78 Å². The highest BCUT2D eigenvalue weighted by atomic mass is 16.7. The molecule has 6 nitrogen and oxygen atoms in total. The van der Waals surface area contributed by atoms with Crippen LogP contribution in [-0.4, -0.2) is 18.4 Å². The molecule has 1 aromatic heterocycles. The Morgan fingerprint density at radius 1 is 1.24 bits per heavy atom. The van der Waals surface area contributed by atoms with E-state index in [4.69, 9.17) is 10.5 Å². The minimum Gasteiger partial charge on any atom is -0.482 e. The number of nitrogens with one attached hydrogen (secondary N) is 1. The van der Waals surface area contributed by atoms with Crippen LogP contribution in [0.3, 0.4) is 0 Å². The molecule has 0 spiro atoms. The molecule has 3 N–H and O–H groups in total. The topological polar surface area (TPSA) is 88.0 Å². The van der Waals surface area contributed by atoms with E-state index in [1.165, 1.54) is 0 Å². The Labute approximate surface area is 122 Å². The number of carbonyl (C=O) groups excluding carboxylic acids is 1. The van der Waals surface area contributed by atoms with Crippen molar-refractivity contribution in [3.8, 4) is 5.75 Å². The maximum atomic E-state index is 11.5. The highest BCUT2D eigenvalue weighted by Gasteiger charge is 2.08. The van der Waals surface area contributed by atoms with Gasteiger partial charge in [-0.3, -0.25) is 0 Å². The van der Waals surface area contributed by atoms with Gasteiger partial charge in [-0.2, -0.15) is 0 Å². The molecule has 0 aliphatic carbocycles. The molecular weight excluding hydrogens is 270 g/mol. The van der Waals surface area contributed by atoms with Crippen LogP contribution in [0.25, 0.3) is 0 Å². The number of aryl methyl sites for hydroxylation is 1. The number of pyridine rings is 1. The van der Waals surface area contributed by atoms with Crippen LogP contribution in [0.5, 0.6) is 5.75 Å². The van der Waals surface area contributed by atoms with Gasteiger partial charge in [-0.15, -0.1) is 0 Å². The molecule has 0 aliphatic rings. The Morgan fingerprint density at radius 2 is 2.00 bits per heavy atom. The van der Waals surface area contributed by atoms with Gasteiger partial charge in [-0.1, -0.05) is 22.9 Å². The van der Waals surface area contributed by atoms with Gasteiger partial charge in [0.2, 0.25) is 11.5 Å². The Hall–Kier alpha value is -2.89. The van der Waals surface area contributed by atoms with Crippen LogP contribution in [-0.2, 0) is 9.63 Å². The van der Waals surface area contributed by atoms with E-state index < -0.39 is 5.97 Å². The van der Waals surface area contributed by atoms with Crippen molar-refractivity contribution < 1.29 is 19.4 Å². The molecule has 0 atom stereocenters. The lowest BCUT2D eigenvalue weighted by molar-refractivity contribution is -0.380. The van der Waals surface area contributed by atoms with E-state index in [1.54, 1.807) is 36.5 Å². The van der Waals surface area contributed by atoms with E-state index in [9.17, 15) is 4.79 Å². The van der Waals surface area contributed by atoms with E-state index in [-0.39, 0.29) is 12.4 Å². The molecule has 0 aliphatic heterocycles. The van der Waals surface area contributed by atoms with Crippen LogP contribution in [0.4, 0.5) is 0 Å². The number of benzene rings is 1. The van der Waals surface area contributed by atoms with Crippen molar-refractivity contribution in [2.24, 2.45) is 10.9 Å². The Morgan fingerprint density at radius 3 is 2.67 bits per heavy atom. The van der Waals surface area contributed by atoms with Gasteiger partial charge >= 0.3 is 5.97 Å². The second-order valence-electron chi connectivity index (χ2n) is 4.32. The molecule has 0 saturated heterocycles. The van der Waals surface area contributed by atoms with Crippen molar-refractivity contribution in [3.63, 3.8) is 0 Å². The first kappa shape index (κ1) is 14.5. The lowest BCUT2D eigenvalue weighted by atomic mass is 10.2. The molecular formula is C15H16N3O3+. The van der Waals surface area contributed by atoms with Crippen molar-refractivity contribution in [3.05, 3.63) is 59.9 Å². The largest absolute Gasteiger partial charge is 0.482 e. The number of oxime groups is 1. The van der Waals surface area contributed by atoms with E-state index in [2.05, 4.69) is 15.0 Å². The third-order valence-corrected chi connectivity index (χ3v) is 2.61. The quantitative estimate of drug-likeness (QED) is 0.385. The van der Waals surface area contributed by atoms with Crippen LogP contribution in [0, 0.1) is 6.92 Å². The molecule has 0 saturated carbocycles. The number of hydrogen-bond acceptors (Lipinski definition) is 4. The summed E-state index contributed by atoms with van der Waals surface area (Å²) >= 11 is 0. The molecule has 1 aromatic carbocycles. The number of H-pyrrole nitrogens is 1. The Kier molecular flexibility index (Phi) is 4.87. The number of nitrogens with two attached hydrogens (primary N) is 1. The van der Waals surface area contributed by atoms with Crippen molar-refractivity contribution in [2.75, 3.05) is 6.61 Å². The van der Waals surface area contributed by atoms with E-state index in [0.29, 0.717) is 11.4 Å². The number of hydrogen-bond donors (Lipinski definition) is 1. The van der Waals surface area contributed by atoms with Crippen LogP contribution in [0.15, 0.2) is 53.8 Å². The summed E-state index contributed by atoms with van der Waals surface area (Å²) < 4.78 is 5.27. The summed E-state index contributed by atoms with van der Waals surface area (Å²) in [5.74, 6) is 0.0413. The first-order chi connectivity index (χ1) is 10.1. The number of amidine groups is 1. The first-order valence-corrected chi connectivity index (χ1v) is 6.35. The zero-order valence-corrected chi connectivity index (χ0v) is 11.6. The second-order valence-corrected chi connectivity index (χ2v) is 4.32. The van der Waals surface area contributed by atoms with Crippen molar-refractivity contribution in [2.45, 2.75) is 6.92 Å². The molecule has 2 rings (SSSR count). The number of aromatic amines is 1. The van der Waals surface area contributed by atoms with Gasteiger partial charge in [0.05, 0.1) is 0 Å². The van der Waals surface area contributed by atoms with Gasteiger partial charge in [0.15, 0.2) is 12.8 Å². The lowest BCUT2D eigenvalue weighted by Crippen LogP contribution is -2.25. The number of aromatic nitrogens is 1. The Bertz CT molecular complexity index is 624. The minimum absolute atomic E-state index is 0.0827. The standard InChI is InChI=1S/C15H15N3O3/c1-11-5-7-12(8-6-11)20-10-14(19)21-18-15(16)13-4-2-3-9-17-13/h2-9H,10H2,1H3,(H2,16,18)/p+1. The van der Waals surface area contributed by atoms with E-state index in [0.717, 1.165) is 5.56 Å². The van der Waals surface area contributed by atoms with Crippen LogP contribution >= 0.6 is 0 Å². The maximum absolute atomic E-state index is 11.5. The predicted molar refractivity (Wildman–Crippen MR) is 76.5 cm³/mol. The minimum atomic E-state index is -0.630. The summed E-state index contributed by atoms with van der Waals surface area (Å²) in [4.78, 5) is 19.1. The van der Waals surface area contributed by atoms with Crippen LogP contribution < -0.4 is 15.5 Å². The van der Waals surface area contributed by atoms with Gasteiger partial charge in [0.1, 0.15) is 5.75 Å². The number of rotatable bonds is 5. The fourth-order valence-electron chi connectivity index (χ4n) is 1.51. The summed E-state index contributed by atoms with van der Waals surface area (Å²) in [5, 5.41) is 3.55. The van der Waals surface area contributed by atoms with Gasteiger partial charge in [-0.05, 0) is 25.1 Å². The van der Waals surface area contributed by atoms with Crippen LogP contribution in [0.1, 0.15) is 11.3 Å². The van der Waals surface area contributed by atoms with Crippen LogP contribution in [0.2, 0.25) is 0 Å². The average molecular weight is 286 g/mol. The summed E-state index contributed by atoms with van der Waals surface area (Å²) in [6.07, 6.45) is 1.69. The number of carbonyl (C=O) groups is 1. The Balaban J connectivity index is 1.83. The molecule has 0 amide bonds. The van der Waals surface area contributed by atoms with Gasteiger partial charge < -0.3 is 15.3 Å². The number of ether oxygens (including phenoxy) is 1. The molecule has 0 fully saturated rings. The predicted octanol–water partition coefficient (Wildman–Crippen LogP) is 1.05. The normalized spacial score (nSPS) is 11.0. The van der Waals surface area contributed by atoms with Crippen molar-refractivity contribution >= 4 is 11.8 Å². The summed E-state index contributed by atoms with van der Waals surface area (Å²) in [7, 11) is 0. The zero-order valence-electron chi connectivity index (χ0n) is 11.6. The molecule has 0 unspecified atom stereocenters. The highest BCUT2D eigenvalue weighted by Crippen LogP contribution is 2.11. The van der Waals surface area contributed by atoms with Gasteiger partial charge in [0, 0.05) is 12.1 Å². The smallest absolute Gasteiger partial charge is 0.372 e. The highest BCUT2D eigenvalue weighted by molar-refractivity contribution is 5.94. The molecule has 6 heteroatoms. The van der Waals surface area contributed by atoms with Crippen molar-refractivity contribution in [1.29, 1.82) is 0 Å². The second kappa shape index (κ2) is 7.04. The zero-order chi connectivity index (χ0) is 15.1. The fourth-order valence-corrected chi connectivity index (χ4v) is 1.51. The third kappa shape index (κ3) is 4.61. The summed E-state index contributed by atoms with van der Waals surface area (Å²) in [5.41, 5.74) is 7.34. The molecule has 1 heterocycles. The maximum Gasteiger partial charge on any atom is 0.372 e. The van der Waals surface area contributed by atoms with E-state index >= 15 is 0 Å². The number of nitrogens with zero attached hydrogens (tertiary/aromatic N) is 1. The lowest BCUT2D eigenvalue weighted by Gasteiger charge is -2.04. The molecule has 2 aromatic rings. The fraction of sp³-hybridized carbons (Fsp3) is 0.133. The van der Waals surface area contributed by atoms with Crippen molar-refractivity contribution in [1.82, 2.24) is 0 Å². The first-order valence-electron chi connectivity index (χ1n) is 6.35. The summed E-state index contributed by atoms with van der Waals surface area (Å²) in [6, 6.07) is 12.6. The van der Waals surface area contributed by atoms with Gasteiger partial charge in [0.25, 0.3) is 0 Å². The summed E-state index contributed by atoms with van der Waals surface area (Å²) in [6.45, 7) is 1.73. The monoisotopic (exact) mass is 286 g/mol. The van der Waals surface area contributed by atoms with E-state index in [1.807, 2.05) is 19.1 Å².